The van der Waals surface area contributed by atoms with Crippen LogP contribution in [-0.4, -0.2) is 40.7 Å². The van der Waals surface area contributed by atoms with Crippen molar-refractivity contribution in [1.82, 2.24) is 15.1 Å². The highest BCUT2D eigenvalue weighted by molar-refractivity contribution is 5.77. The molecule has 0 radical (unpaired) electrons. The van der Waals surface area contributed by atoms with E-state index in [4.69, 9.17) is 10.5 Å². The fourth-order valence-electron chi connectivity index (χ4n) is 3.24. The molecule has 0 aliphatic carbocycles. The van der Waals surface area contributed by atoms with E-state index in [0.29, 0.717) is 12.1 Å². The van der Waals surface area contributed by atoms with Crippen LogP contribution in [0.4, 0.5) is 5.69 Å². The fourth-order valence-corrected chi connectivity index (χ4v) is 3.24. The molecule has 0 saturated carbocycles. The van der Waals surface area contributed by atoms with E-state index in [1.807, 2.05) is 29.2 Å². The number of carbonyl (C=O) groups is 1. The van der Waals surface area contributed by atoms with E-state index in [0.717, 1.165) is 56.0 Å². The number of aromatic nitrogens is 2. The average molecular weight is 342 g/mol. The summed E-state index contributed by atoms with van der Waals surface area (Å²) in [5.41, 5.74) is 8.71. The molecular weight excluding hydrogens is 316 g/mol. The van der Waals surface area contributed by atoms with Gasteiger partial charge in [0, 0.05) is 25.4 Å². The molecule has 0 bridgehead atoms. The number of hydrogen-bond acceptors (Lipinski definition) is 4. The second-order valence-electron chi connectivity index (χ2n) is 6.56. The largest absolute Gasteiger partial charge is 0.494 e. The van der Waals surface area contributed by atoms with Crippen LogP contribution in [0.1, 0.15) is 43.4 Å². The van der Waals surface area contributed by atoms with E-state index < -0.39 is 0 Å². The van der Waals surface area contributed by atoms with Crippen LogP contribution in [0.15, 0.2) is 30.5 Å². The average Bonchev–Trinajstić information content (AvgIpc) is 3.27. The summed E-state index contributed by atoms with van der Waals surface area (Å²) in [7, 11) is 0. The van der Waals surface area contributed by atoms with Gasteiger partial charge in [0.25, 0.3) is 0 Å². The van der Waals surface area contributed by atoms with Gasteiger partial charge in [-0.05, 0) is 37.0 Å². The van der Waals surface area contributed by atoms with E-state index in [1.165, 1.54) is 0 Å². The molecule has 25 heavy (non-hydrogen) atoms. The summed E-state index contributed by atoms with van der Waals surface area (Å²) in [6, 6.07) is 8.03. The molecule has 1 unspecified atom stereocenters. The van der Waals surface area contributed by atoms with Gasteiger partial charge in [-0.3, -0.25) is 9.89 Å². The number of ether oxygens (including phenoxy) is 1. The van der Waals surface area contributed by atoms with E-state index in [2.05, 4.69) is 17.1 Å². The van der Waals surface area contributed by atoms with Crippen molar-refractivity contribution in [3.63, 3.8) is 0 Å². The molecule has 6 heteroatoms. The minimum Gasteiger partial charge on any atom is -0.494 e. The van der Waals surface area contributed by atoms with Gasteiger partial charge in [0.15, 0.2) is 0 Å². The number of nitrogens with one attached hydrogen (secondary N) is 1. The van der Waals surface area contributed by atoms with Gasteiger partial charge in [-0.25, -0.2) is 0 Å². The third-order valence-electron chi connectivity index (χ3n) is 4.67. The van der Waals surface area contributed by atoms with Gasteiger partial charge >= 0.3 is 0 Å². The van der Waals surface area contributed by atoms with Crippen LogP contribution in [0.25, 0.3) is 0 Å². The summed E-state index contributed by atoms with van der Waals surface area (Å²) in [5.74, 6) is 1.35. The van der Waals surface area contributed by atoms with Gasteiger partial charge in [-0.2, -0.15) is 5.10 Å². The highest BCUT2D eigenvalue weighted by Gasteiger charge is 2.29. The van der Waals surface area contributed by atoms with Crippen LogP contribution in [-0.2, 0) is 11.2 Å². The van der Waals surface area contributed by atoms with Crippen LogP contribution in [0.3, 0.4) is 0 Å². The molecule has 1 aromatic heterocycles. The van der Waals surface area contributed by atoms with Crippen LogP contribution < -0.4 is 10.5 Å². The van der Waals surface area contributed by atoms with Crippen molar-refractivity contribution < 1.29 is 9.53 Å². The Bertz CT molecular complexity index is 696. The third-order valence-corrected chi connectivity index (χ3v) is 4.67. The number of anilines is 1. The molecule has 0 spiro atoms. The lowest BCUT2D eigenvalue weighted by Gasteiger charge is -2.16. The van der Waals surface area contributed by atoms with Gasteiger partial charge < -0.3 is 15.4 Å². The molecule has 6 nitrogen and oxygen atoms in total. The topological polar surface area (TPSA) is 84.2 Å². The number of nitrogen functional groups attached to an aromatic ring is 1. The maximum Gasteiger partial charge on any atom is 0.222 e. The summed E-state index contributed by atoms with van der Waals surface area (Å²) in [6.45, 7) is 4.32. The van der Waals surface area contributed by atoms with Crippen molar-refractivity contribution in [3.8, 4) is 5.75 Å². The van der Waals surface area contributed by atoms with Crippen LogP contribution >= 0.6 is 0 Å². The van der Waals surface area contributed by atoms with Crippen LogP contribution in [0.5, 0.6) is 5.75 Å². The highest BCUT2D eigenvalue weighted by atomic mass is 16.5. The number of H-pyrrole nitrogens is 1. The number of nitrogens with two attached hydrogens (primary N) is 1. The Labute approximate surface area is 148 Å². The maximum atomic E-state index is 12.5. The Morgan fingerprint density at radius 2 is 2.20 bits per heavy atom. The minimum atomic E-state index is 0.201. The number of likely N-dealkylation sites (tertiary alicyclic amines) is 1. The molecule has 1 saturated heterocycles. The Balaban J connectivity index is 1.47. The van der Waals surface area contributed by atoms with E-state index >= 15 is 0 Å². The van der Waals surface area contributed by atoms with Crippen molar-refractivity contribution in [2.24, 2.45) is 0 Å². The SMILES string of the molecule is CCCOc1ccc(CCC(=O)N2CCC(c3[nH]ncc3N)C2)cc1. The molecule has 1 aliphatic rings. The number of hydrogen-bond donors (Lipinski definition) is 2. The summed E-state index contributed by atoms with van der Waals surface area (Å²) >= 11 is 0. The summed E-state index contributed by atoms with van der Waals surface area (Å²) < 4.78 is 5.58. The van der Waals surface area contributed by atoms with E-state index in [9.17, 15) is 4.79 Å². The summed E-state index contributed by atoms with van der Waals surface area (Å²) in [6.07, 6.45) is 4.84. The molecule has 134 valence electrons. The van der Waals surface area contributed by atoms with E-state index in [1.54, 1.807) is 6.20 Å². The van der Waals surface area contributed by atoms with Gasteiger partial charge in [0.1, 0.15) is 5.75 Å². The number of benzene rings is 1. The van der Waals surface area contributed by atoms with Crippen molar-refractivity contribution in [2.75, 3.05) is 25.4 Å². The predicted molar refractivity (Wildman–Crippen MR) is 97.5 cm³/mol. The summed E-state index contributed by atoms with van der Waals surface area (Å²) in [5, 5.41) is 6.93. The molecule has 3 rings (SSSR count). The van der Waals surface area contributed by atoms with Crippen molar-refractivity contribution >= 4 is 11.6 Å². The third kappa shape index (κ3) is 4.32. The van der Waals surface area contributed by atoms with Crippen LogP contribution in [0, 0.1) is 0 Å². The van der Waals surface area contributed by atoms with Gasteiger partial charge in [0.05, 0.1) is 24.2 Å². The maximum absolute atomic E-state index is 12.5. The first-order chi connectivity index (χ1) is 12.2. The first-order valence-corrected chi connectivity index (χ1v) is 8.95. The molecule has 1 aromatic carbocycles. The highest BCUT2D eigenvalue weighted by Crippen LogP contribution is 2.29. The molecule has 1 aliphatic heterocycles. The zero-order valence-corrected chi connectivity index (χ0v) is 14.7. The number of aromatic amines is 1. The number of carbonyl (C=O) groups excluding carboxylic acids is 1. The minimum absolute atomic E-state index is 0.201. The Morgan fingerprint density at radius 3 is 2.88 bits per heavy atom. The number of amides is 1. The second kappa shape index (κ2) is 8.05. The second-order valence-corrected chi connectivity index (χ2v) is 6.56. The number of aryl methyl sites for hydroxylation is 1. The Hall–Kier alpha value is -2.50. The summed E-state index contributed by atoms with van der Waals surface area (Å²) in [4.78, 5) is 14.4. The molecule has 1 amide bonds. The molecule has 3 N–H and O–H groups in total. The predicted octanol–water partition coefficient (Wildman–Crippen LogP) is 2.73. The lowest BCUT2D eigenvalue weighted by Crippen LogP contribution is -2.28. The first-order valence-electron chi connectivity index (χ1n) is 8.95. The number of nitrogens with zero attached hydrogens (tertiary/aromatic N) is 2. The quantitative estimate of drug-likeness (QED) is 0.810. The van der Waals surface area contributed by atoms with Crippen molar-refractivity contribution in [3.05, 3.63) is 41.7 Å². The lowest BCUT2D eigenvalue weighted by molar-refractivity contribution is -0.130. The molecule has 1 atom stereocenters. The van der Waals surface area contributed by atoms with Gasteiger partial charge in [-0.1, -0.05) is 19.1 Å². The standard InChI is InChI=1S/C19H26N4O2/c1-2-11-25-16-6-3-14(4-7-16)5-8-18(24)23-10-9-15(13-23)19-17(20)12-21-22-19/h3-4,6-7,12,15H,2,5,8-11,13,20H2,1H3,(H,21,22). The van der Waals surface area contributed by atoms with E-state index in [-0.39, 0.29) is 11.8 Å². The number of rotatable bonds is 7. The normalized spacial score (nSPS) is 17.0. The molecular formula is C19H26N4O2. The van der Waals surface area contributed by atoms with Gasteiger partial charge in [-0.15, -0.1) is 0 Å². The molecule has 1 fully saturated rings. The van der Waals surface area contributed by atoms with Gasteiger partial charge in [0.2, 0.25) is 5.91 Å². The molecule has 2 aromatic rings. The Morgan fingerprint density at radius 1 is 1.40 bits per heavy atom. The fraction of sp³-hybridized carbons (Fsp3) is 0.474. The van der Waals surface area contributed by atoms with Crippen molar-refractivity contribution in [1.29, 1.82) is 0 Å². The zero-order valence-electron chi connectivity index (χ0n) is 14.7. The molecule has 2 heterocycles. The Kier molecular flexibility index (Phi) is 5.58. The van der Waals surface area contributed by atoms with Crippen LogP contribution in [0.2, 0.25) is 0 Å². The first kappa shape index (κ1) is 17.3. The smallest absolute Gasteiger partial charge is 0.222 e. The lowest BCUT2D eigenvalue weighted by atomic mass is 10.0. The monoisotopic (exact) mass is 342 g/mol. The zero-order chi connectivity index (χ0) is 17.6. The van der Waals surface area contributed by atoms with Crippen molar-refractivity contribution in [2.45, 2.75) is 38.5 Å².